The Balaban J connectivity index is 1.34. The first-order valence-electron chi connectivity index (χ1n) is 12.3. The molecular weight excluding hydrogens is 497 g/mol. The topological polar surface area (TPSA) is 94.2 Å². The van der Waals surface area contributed by atoms with E-state index in [0.717, 1.165) is 57.5 Å². The molecule has 2 fully saturated rings. The fraction of sp³-hybridized carbons (Fsp3) is 0.346. The van der Waals surface area contributed by atoms with E-state index in [9.17, 15) is 4.79 Å². The number of anilines is 5. The number of hydrogen-bond donors (Lipinski definition) is 4. The molecule has 0 bridgehead atoms. The SMILES string of the molecule is O=C(Nc1ccc(Cl)c(Cl)c1)c1cnc(Nc2ccc(N3CCNCC3)cc2)nc1NC1CCCC1. The average molecular weight is 526 g/mol. The largest absolute Gasteiger partial charge is 0.369 e. The summed E-state index contributed by atoms with van der Waals surface area (Å²) < 4.78 is 0. The van der Waals surface area contributed by atoms with Crippen LogP contribution >= 0.6 is 23.2 Å². The monoisotopic (exact) mass is 525 g/mol. The van der Waals surface area contributed by atoms with Crippen molar-refractivity contribution in [2.24, 2.45) is 0 Å². The predicted octanol–water partition coefficient (Wildman–Crippen LogP) is 5.54. The Morgan fingerprint density at radius 1 is 0.972 bits per heavy atom. The van der Waals surface area contributed by atoms with E-state index in [2.05, 4.69) is 48.3 Å². The van der Waals surface area contributed by atoms with Gasteiger partial charge in [0.2, 0.25) is 5.95 Å². The number of benzene rings is 2. The minimum absolute atomic E-state index is 0.280. The molecule has 188 valence electrons. The molecule has 2 aromatic carbocycles. The second-order valence-electron chi connectivity index (χ2n) is 9.07. The van der Waals surface area contributed by atoms with Crippen molar-refractivity contribution in [3.8, 4) is 0 Å². The van der Waals surface area contributed by atoms with Crippen molar-refractivity contribution >= 4 is 57.9 Å². The van der Waals surface area contributed by atoms with E-state index in [1.165, 1.54) is 5.69 Å². The maximum Gasteiger partial charge on any atom is 0.260 e. The lowest BCUT2D eigenvalue weighted by Gasteiger charge is -2.29. The van der Waals surface area contributed by atoms with E-state index in [1.54, 1.807) is 24.4 Å². The first kappa shape index (κ1) is 24.6. The van der Waals surface area contributed by atoms with Gasteiger partial charge in [-0.15, -0.1) is 0 Å². The smallest absolute Gasteiger partial charge is 0.260 e. The van der Waals surface area contributed by atoms with Crippen LogP contribution in [-0.2, 0) is 0 Å². The molecule has 1 saturated heterocycles. The van der Waals surface area contributed by atoms with Crippen LogP contribution < -0.4 is 26.2 Å². The zero-order valence-electron chi connectivity index (χ0n) is 19.9. The molecule has 0 atom stereocenters. The first-order valence-corrected chi connectivity index (χ1v) is 13.0. The second-order valence-corrected chi connectivity index (χ2v) is 9.89. The summed E-state index contributed by atoms with van der Waals surface area (Å²) in [7, 11) is 0. The molecule has 0 radical (unpaired) electrons. The number of rotatable bonds is 7. The van der Waals surface area contributed by atoms with Gasteiger partial charge in [0.25, 0.3) is 5.91 Å². The van der Waals surface area contributed by atoms with Gasteiger partial charge in [-0.05, 0) is 55.3 Å². The number of nitrogens with one attached hydrogen (secondary N) is 4. The third kappa shape index (κ3) is 6.00. The van der Waals surface area contributed by atoms with Crippen LogP contribution in [0.3, 0.4) is 0 Å². The molecule has 1 aliphatic carbocycles. The molecule has 1 amide bonds. The van der Waals surface area contributed by atoms with E-state index < -0.39 is 0 Å². The van der Waals surface area contributed by atoms with E-state index in [4.69, 9.17) is 23.2 Å². The maximum absolute atomic E-state index is 13.1. The standard InChI is InChI=1S/C26H29Cl2N7O/c27-22-10-7-19(15-23(22)28)32-25(36)21-16-30-26(34-24(21)31-17-3-1-2-4-17)33-18-5-8-20(9-6-18)35-13-11-29-12-14-35/h5-10,15-17,29H,1-4,11-14H2,(H,32,36)(H2,30,31,33,34). The number of carbonyl (C=O) groups excluding carboxylic acids is 1. The van der Waals surface area contributed by atoms with Crippen LogP contribution in [0.1, 0.15) is 36.0 Å². The molecule has 1 aromatic heterocycles. The summed E-state index contributed by atoms with van der Waals surface area (Å²) in [6.07, 6.45) is 5.98. The van der Waals surface area contributed by atoms with Crippen molar-refractivity contribution < 1.29 is 4.79 Å². The number of carbonyl (C=O) groups is 1. The molecule has 8 nitrogen and oxygen atoms in total. The molecular formula is C26H29Cl2N7O. The summed E-state index contributed by atoms with van der Waals surface area (Å²) >= 11 is 12.1. The van der Waals surface area contributed by atoms with Crippen LogP contribution in [0.4, 0.5) is 28.8 Å². The molecule has 0 spiro atoms. The van der Waals surface area contributed by atoms with Crippen LogP contribution in [-0.4, -0.2) is 48.1 Å². The average Bonchev–Trinajstić information content (AvgIpc) is 3.40. The molecule has 0 unspecified atom stereocenters. The summed E-state index contributed by atoms with van der Waals surface area (Å²) in [5, 5.41) is 13.8. The molecule has 2 aliphatic rings. The predicted molar refractivity (Wildman–Crippen MR) is 147 cm³/mol. The lowest BCUT2D eigenvalue weighted by atomic mass is 10.2. The van der Waals surface area contributed by atoms with Crippen LogP contribution in [0.15, 0.2) is 48.7 Å². The van der Waals surface area contributed by atoms with E-state index in [0.29, 0.717) is 33.1 Å². The minimum atomic E-state index is -0.319. The Kier molecular flexibility index (Phi) is 7.75. The lowest BCUT2D eigenvalue weighted by Crippen LogP contribution is -2.43. The summed E-state index contributed by atoms with van der Waals surface area (Å²) in [6, 6.07) is 13.5. The summed E-state index contributed by atoms with van der Waals surface area (Å²) in [5.41, 5.74) is 3.00. The molecule has 36 heavy (non-hydrogen) atoms. The van der Waals surface area contributed by atoms with Gasteiger partial charge in [-0.1, -0.05) is 36.0 Å². The second kappa shape index (κ2) is 11.3. The highest BCUT2D eigenvalue weighted by molar-refractivity contribution is 6.42. The number of piperazine rings is 1. The van der Waals surface area contributed by atoms with E-state index in [1.807, 2.05) is 12.1 Å². The minimum Gasteiger partial charge on any atom is -0.369 e. The molecule has 1 saturated carbocycles. The van der Waals surface area contributed by atoms with Crippen molar-refractivity contribution in [1.82, 2.24) is 15.3 Å². The molecule has 3 aromatic rings. The number of halogens is 2. The van der Waals surface area contributed by atoms with Crippen molar-refractivity contribution in [3.63, 3.8) is 0 Å². The number of hydrogen-bond acceptors (Lipinski definition) is 7. The molecule has 4 N–H and O–H groups in total. The van der Waals surface area contributed by atoms with Gasteiger partial charge < -0.3 is 26.2 Å². The van der Waals surface area contributed by atoms with Crippen LogP contribution in [0.2, 0.25) is 10.0 Å². The summed E-state index contributed by atoms with van der Waals surface area (Å²) in [6.45, 7) is 3.99. The Morgan fingerprint density at radius 3 is 2.42 bits per heavy atom. The van der Waals surface area contributed by atoms with Gasteiger partial charge >= 0.3 is 0 Å². The molecule has 1 aliphatic heterocycles. The zero-order chi connectivity index (χ0) is 24.9. The number of aromatic nitrogens is 2. The van der Waals surface area contributed by atoms with Gasteiger partial charge in [-0.3, -0.25) is 4.79 Å². The number of amides is 1. The van der Waals surface area contributed by atoms with E-state index in [-0.39, 0.29) is 11.9 Å². The Hall–Kier alpha value is -3.07. The number of nitrogens with zero attached hydrogens (tertiary/aromatic N) is 3. The van der Waals surface area contributed by atoms with Gasteiger partial charge in [0.15, 0.2) is 0 Å². The van der Waals surface area contributed by atoms with Crippen molar-refractivity contribution in [2.45, 2.75) is 31.7 Å². The normalized spacial score (nSPS) is 16.1. The quantitative estimate of drug-likeness (QED) is 0.321. The zero-order valence-corrected chi connectivity index (χ0v) is 21.4. The Bertz CT molecular complexity index is 1210. The van der Waals surface area contributed by atoms with Crippen LogP contribution in [0, 0.1) is 0 Å². The Labute approximate surface area is 220 Å². The maximum atomic E-state index is 13.1. The van der Waals surface area contributed by atoms with Gasteiger partial charge in [-0.2, -0.15) is 4.98 Å². The molecule has 2 heterocycles. The van der Waals surface area contributed by atoms with Crippen molar-refractivity contribution in [2.75, 3.05) is 47.0 Å². The van der Waals surface area contributed by atoms with E-state index >= 15 is 0 Å². The van der Waals surface area contributed by atoms with Gasteiger partial charge in [-0.25, -0.2) is 4.98 Å². The van der Waals surface area contributed by atoms with Crippen LogP contribution in [0.5, 0.6) is 0 Å². The third-order valence-corrected chi connectivity index (χ3v) is 7.25. The van der Waals surface area contributed by atoms with Crippen molar-refractivity contribution in [1.29, 1.82) is 0 Å². The van der Waals surface area contributed by atoms with Gasteiger partial charge in [0.05, 0.1) is 10.0 Å². The van der Waals surface area contributed by atoms with Crippen LogP contribution in [0.25, 0.3) is 0 Å². The van der Waals surface area contributed by atoms with Gasteiger partial charge in [0, 0.05) is 55.5 Å². The molecule has 5 rings (SSSR count). The highest BCUT2D eigenvalue weighted by Crippen LogP contribution is 2.28. The fourth-order valence-corrected chi connectivity index (χ4v) is 4.86. The Morgan fingerprint density at radius 2 is 1.69 bits per heavy atom. The molecule has 10 heteroatoms. The fourth-order valence-electron chi connectivity index (χ4n) is 4.56. The highest BCUT2D eigenvalue weighted by atomic mass is 35.5. The summed E-state index contributed by atoms with van der Waals surface area (Å²) in [5.74, 6) is 0.617. The van der Waals surface area contributed by atoms with Gasteiger partial charge in [0.1, 0.15) is 11.4 Å². The third-order valence-electron chi connectivity index (χ3n) is 6.51. The summed E-state index contributed by atoms with van der Waals surface area (Å²) in [4.78, 5) is 24.6. The lowest BCUT2D eigenvalue weighted by molar-refractivity contribution is 0.102. The highest BCUT2D eigenvalue weighted by Gasteiger charge is 2.21. The first-order chi connectivity index (χ1) is 17.5. The van der Waals surface area contributed by atoms with Crippen molar-refractivity contribution in [3.05, 3.63) is 64.3 Å².